The highest BCUT2D eigenvalue weighted by atomic mass is 19.1. The van der Waals surface area contributed by atoms with E-state index in [1.807, 2.05) is 0 Å². The van der Waals surface area contributed by atoms with Crippen molar-refractivity contribution in [3.63, 3.8) is 0 Å². The van der Waals surface area contributed by atoms with Gasteiger partial charge < -0.3 is 14.6 Å². The highest BCUT2D eigenvalue weighted by Crippen LogP contribution is 2.35. The molecule has 1 saturated heterocycles. The summed E-state index contributed by atoms with van der Waals surface area (Å²) in [6, 6.07) is 11.2. The molecule has 1 heterocycles. The summed E-state index contributed by atoms with van der Waals surface area (Å²) in [5.74, 6) is -1.42. The maximum atomic E-state index is 13.2. The third kappa shape index (κ3) is 3.32. The quantitative estimate of drug-likeness (QED) is 0.921. The van der Waals surface area contributed by atoms with Crippen LogP contribution in [-0.2, 0) is 14.3 Å². The van der Waals surface area contributed by atoms with Gasteiger partial charge in [0.2, 0.25) is 0 Å². The number of hydrogen-bond acceptors (Lipinski definition) is 4. The molecule has 2 unspecified atom stereocenters. The summed E-state index contributed by atoms with van der Waals surface area (Å²) in [5, 5.41) is 9.52. The van der Waals surface area contributed by atoms with Crippen LogP contribution in [0, 0.1) is 5.82 Å². The van der Waals surface area contributed by atoms with Crippen LogP contribution in [0.5, 0.6) is 5.75 Å². The number of halogens is 1. The Morgan fingerprint density at radius 1 is 1.20 bits per heavy atom. The normalized spacial score (nSPS) is 20.4. The summed E-state index contributed by atoms with van der Waals surface area (Å²) < 4.78 is 23.6. The molecule has 0 spiro atoms. The fraction of sp³-hybridized carbons (Fsp3) is 0.222. The van der Waals surface area contributed by atoms with Crippen molar-refractivity contribution in [1.29, 1.82) is 0 Å². The van der Waals surface area contributed by atoms with Crippen molar-refractivity contribution in [3.8, 4) is 5.75 Å². The van der Waals surface area contributed by atoms with Crippen LogP contribution in [0.3, 0.4) is 0 Å². The molecule has 1 N–H and O–H groups in total. The van der Waals surface area contributed by atoms with Crippen LogP contribution < -0.4 is 9.64 Å². The standard InChI is InChI=1S/C18H16FNO5/c1-24-14-8-2-11(3-9-14)16-17(18(22)23)25-10-15(21)20(16)13-6-4-12(19)5-7-13/h2-9,16-17H,10H2,1H3,(H,22,23). The van der Waals surface area contributed by atoms with Crippen molar-refractivity contribution < 1.29 is 28.6 Å². The molecule has 25 heavy (non-hydrogen) atoms. The van der Waals surface area contributed by atoms with Crippen LogP contribution in [-0.4, -0.2) is 36.8 Å². The van der Waals surface area contributed by atoms with E-state index in [2.05, 4.69) is 0 Å². The molecule has 2 aromatic rings. The zero-order valence-corrected chi connectivity index (χ0v) is 13.4. The molecule has 3 rings (SSSR count). The van der Waals surface area contributed by atoms with Gasteiger partial charge in [0.05, 0.1) is 13.2 Å². The Morgan fingerprint density at radius 2 is 1.84 bits per heavy atom. The van der Waals surface area contributed by atoms with Gasteiger partial charge in [0.1, 0.15) is 18.2 Å². The number of morpholine rings is 1. The number of carbonyl (C=O) groups is 2. The lowest BCUT2D eigenvalue weighted by atomic mass is 9.96. The maximum absolute atomic E-state index is 13.2. The molecule has 0 aromatic heterocycles. The number of rotatable bonds is 4. The molecule has 130 valence electrons. The molecule has 2 aromatic carbocycles. The molecule has 1 aliphatic heterocycles. The number of benzene rings is 2. The predicted octanol–water partition coefficient (Wildman–Crippen LogP) is 2.39. The fourth-order valence-corrected chi connectivity index (χ4v) is 2.85. The van der Waals surface area contributed by atoms with E-state index >= 15 is 0 Å². The lowest BCUT2D eigenvalue weighted by Gasteiger charge is -2.39. The van der Waals surface area contributed by atoms with Crippen LogP contribution in [0.2, 0.25) is 0 Å². The Hall–Kier alpha value is -2.93. The van der Waals surface area contributed by atoms with Gasteiger partial charge in [0.25, 0.3) is 5.91 Å². The summed E-state index contributed by atoms with van der Waals surface area (Å²) in [7, 11) is 1.52. The second kappa shape index (κ2) is 6.90. The Bertz CT molecular complexity index is 775. The highest BCUT2D eigenvalue weighted by molar-refractivity contribution is 5.97. The van der Waals surface area contributed by atoms with Gasteiger partial charge >= 0.3 is 5.97 Å². The summed E-state index contributed by atoms with van der Waals surface area (Å²) in [4.78, 5) is 25.4. The van der Waals surface area contributed by atoms with Gasteiger partial charge in [-0.2, -0.15) is 0 Å². The van der Waals surface area contributed by atoms with E-state index in [0.717, 1.165) is 0 Å². The third-order valence-corrected chi connectivity index (χ3v) is 4.03. The molecular weight excluding hydrogens is 329 g/mol. The second-order valence-corrected chi connectivity index (χ2v) is 5.53. The van der Waals surface area contributed by atoms with Crippen molar-refractivity contribution in [2.75, 3.05) is 18.6 Å². The van der Waals surface area contributed by atoms with Crippen LogP contribution in [0.1, 0.15) is 11.6 Å². The van der Waals surface area contributed by atoms with Crippen molar-refractivity contribution in [2.24, 2.45) is 0 Å². The zero-order valence-electron chi connectivity index (χ0n) is 13.4. The Kier molecular flexibility index (Phi) is 4.67. The van der Waals surface area contributed by atoms with Crippen LogP contribution in [0.4, 0.5) is 10.1 Å². The first-order valence-electron chi connectivity index (χ1n) is 7.57. The van der Waals surface area contributed by atoms with Gasteiger partial charge in [-0.05, 0) is 42.0 Å². The number of ether oxygens (including phenoxy) is 2. The topological polar surface area (TPSA) is 76.1 Å². The lowest BCUT2D eigenvalue weighted by molar-refractivity contribution is -0.157. The lowest BCUT2D eigenvalue weighted by Crippen LogP contribution is -2.52. The van der Waals surface area contributed by atoms with Gasteiger partial charge in [-0.3, -0.25) is 9.69 Å². The minimum Gasteiger partial charge on any atom is -0.497 e. The van der Waals surface area contributed by atoms with Crippen LogP contribution in [0.25, 0.3) is 0 Å². The van der Waals surface area contributed by atoms with Gasteiger partial charge in [-0.25, -0.2) is 9.18 Å². The molecular formula is C18H16FNO5. The number of carboxylic acid groups (broad SMARTS) is 1. The van der Waals surface area contributed by atoms with E-state index in [4.69, 9.17) is 9.47 Å². The van der Waals surface area contributed by atoms with E-state index < -0.39 is 29.8 Å². The van der Waals surface area contributed by atoms with Gasteiger partial charge in [-0.1, -0.05) is 12.1 Å². The number of nitrogens with zero attached hydrogens (tertiary/aromatic N) is 1. The first kappa shape index (κ1) is 16.9. The van der Waals surface area contributed by atoms with E-state index in [-0.39, 0.29) is 6.61 Å². The average Bonchev–Trinajstić information content (AvgIpc) is 2.62. The van der Waals surface area contributed by atoms with Crippen molar-refractivity contribution in [2.45, 2.75) is 12.1 Å². The first-order valence-corrected chi connectivity index (χ1v) is 7.57. The van der Waals surface area contributed by atoms with Gasteiger partial charge in [0.15, 0.2) is 6.10 Å². The molecule has 0 saturated carbocycles. The largest absolute Gasteiger partial charge is 0.497 e. The SMILES string of the molecule is COc1ccc(C2C(C(=O)O)OCC(=O)N2c2ccc(F)cc2)cc1. The number of anilines is 1. The Balaban J connectivity index is 2.07. The van der Waals surface area contributed by atoms with Crippen molar-refractivity contribution in [3.05, 3.63) is 59.9 Å². The summed E-state index contributed by atoms with van der Waals surface area (Å²) in [6.45, 7) is -0.360. The Labute approximate surface area is 143 Å². The summed E-state index contributed by atoms with van der Waals surface area (Å²) in [6.07, 6.45) is -1.24. The fourth-order valence-electron chi connectivity index (χ4n) is 2.85. The van der Waals surface area contributed by atoms with Crippen LogP contribution >= 0.6 is 0 Å². The summed E-state index contributed by atoms with van der Waals surface area (Å²) >= 11 is 0. The molecule has 0 radical (unpaired) electrons. The predicted molar refractivity (Wildman–Crippen MR) is 87.0 cm³/mol. The van der Waals surface area contributed by atoms with Gasteiger partial charge in [-0.15, -0.1) is 0 Å². The summed E-state index contributed by atoms with van der Waals surface area (Å²) in [5.41, 5.74) is 0.979. The molecule has 1 aliphatic rings. The van der Waals surface area contributed by atoms with Crippen molar-refractivity contribution in [1.82, 2.24) is 0 Å². The molecule has 2 atom stereocenters. The smallest absolute Gasteiger partial charge is 0.335 e. The minimum atomic E-state index is -1.24. The number of hydrogen-bond donors (Lipinski definition) is 1. The zero-order chi connectivity index (χ0) is 18.0. The molecule has 6 nitrogen and oxygen atoms in total. The maximum Gasteiger partial charge on any atom is 0.335 e. The third-order valence-electron chi connectivity index (χ3n) is 4.03. The van der Waals surface area contributed by atoms with E-state index in [1.54, 1.807) is 24.3 Å². The van der Waals surface area contributed by atoms with Crippen LogP contribution in [0.15, 0.2) is 48.5 Å². The van der Waals surface area contributed by atoms with Crippen molar-refractivity contribution >= 4 is 17.6 Å². The number of methoxy groups -OCH3 is 1. The van der Waals surface area contributed by atoms with E-state index in [1.165, 1.54) is 36.3 Å². The van der Waals surface area contributed by atoms with E-state index in [0.29, 0.717) is 17.0 Å². The first-order chi connectivity index (χ1) is 12.0. The number of carbonyl (C=O) groups excluding carboxylic acids is 1. The molecule has 1 fully saturated rings. The molecule has 7 heteroatoms. The molecule has 0 bridgehead atoms. The molecule has 0 aliphatic carbocycles. The number of amides is 1. The van der Waals surface area contributed by atoms with Gasteiger partial charge in [0, 0.05) is 5.69 Å². The Morgan fingerprint density at radius 3 is 2.40 bits per heavy atom. The highest BCUT2D eigenvalue weighted by Gasteiger charge is 2.42. The monoisotopic (exact) mass is 345 g/mol. The number of aliphatic carboxylic acids is 1. The molecule has 1 amide bonds. The number of carboxylic acids is 1. The average molecular weight is 345 g/mol. The minimum absolute atomic E-state index is 0.360. The second-order valence-electron chi connectivity index (χ2n) is 5.53. The van der Waals surface area contributed by atoms with E-state index in [9.17, 15) is 19.1 Å².